The molecule has 0 aliphatic carbocycles. The van der Waals surface area contributed by atoms with Crippen LogP contribution in [0.25, 0.3) is 11.1 Å². The highest BCUT2D eigenvalue weighted by Gasteiger charge is 2.51. The van der Waals surface area contributed by atoms with Crippen molar-refractivity contribution in [3.63, 3.8) is 0 Å². The summed E-state index contributed by atoms with van der Waals surface area (Å²) in [5.74, 6) is -2.13. The molecule has 3 aliphatic rings. The average Bonchev–Trinajstić information content (AvgIpc) is 3.64. The number of nitrogens with zero attached hydrogens (tertiary/aromatic N) is 4. The molecule has 3 aliphatic heterocycles. The third-order valence-electron chi connectivity index (χ3n) is 10.9. The number of nitriles is 1. The van der Waals surface area contributed by atoms with Gasteiger partial charge in [-0.05, 0) is 98.2 Å². The van der Waals surface area contributed by atoms with Gasteiger partial charge >= 0.3 is 6.18 Å². The van der Waals surface area contributed by atoms with Gasteiger partial charge in [0.1, 0.15) is 23.9 Å². The van der Waals surface area contributed by atoms with E-state index >= 15 is 0 Å². The zero-order chi connectivity index (χ0) is 46.5. The third kappa shape index (κ3) is 9.85. The van der Waals surface area contributed by atoms with E-state index in [-0.39, 0.29) is 34.8 Å². The second-order valence-electron chi connectivity index (χ2n) is 15.5. The summed E-state index contributed by atoms with van der Waals surface area (Å²) < 4.78 is 63.7. The monoisotopic (exact) mass is 912 g/mol. The summed E-state index contributed by atoms with van der Waals surface area (Å²) in [7, 11) is 0. The highest BCUT2D eigenvalue weighted by molar-refractivity contribution is 7.81. The molecule has 0 aromatic heterocycles. The van der Waals surface area contributed by atoms with Gasteiger partial charge in [0.05, 0.1) is 73.7 Å². The van der Waals surface area contributed by atoms with Crippen molar-refractivity contribution in [1.82, 2.24) is 10.2 Å². The Labute approximate surface area is 377 Å². The summed E-state index contributed by atoms with van der Waals surface area (Å²) >= 11 is 5.65. The topological polar surface area (TPSA) is 180 Å². The van der Waals surface area contributed by atoms with E-state index in [9.17, 15) is 42.4 Å². The van der Waals surface area contributed by atoms with Gasteiger partial charge in [-0.2, -0.15) is 18.4 Å². The normalized spacial score (nSPS) is 17.1. The Hall–Kier alpha value is -6.72. The SMILES string of the molecule is CC1(C)C(=O)N(c2ccc(C#N)c(C(F)(F)F)c2)C(=S)N1c1ccc(-c2ccc(OCCOCCOCCOCCNc3cccc4c3C(=O)N(C3CCC(=O)NC3=O)C4=O)cc2)cc1. The number of carbonyl (C=O) groups excluding carboxylic acids is 5. The summed E-state index contributed by atoms with van der Waals surface area (Å²) in [5, 5.41) is 14.5. The Bertz CT molecular complexity index is 2550. The molecule has 0 spiro atoms. The highest BCUT2D eigenvalue weighted by Crippen LogP contribution is 2.40. The van der Waals surface area contributed by atoms with Crippen LogP contribution in [0.4, 0.5) is 30.2 Å². The number of carbonyl (C=O) groups is 5. The number of thiocarbonyl (C=S) groups is 1. The number of hydrogen-bond donors (Lipinski definition) is 2. The standard InChI is InChI=1S/C46H43F3N6O9S/c1-45(2)43(60)53(32-13-8-30(27-50)35(26-32)46(47,48)49)44(65)55(45)31-11-6-28(7-12-31)29-9-14-33(15-10-29)64-25-24-63-23-22-62-21-20-61-19-18-51-36-5-3-4-34-39(36)42(59)54(41(34)58)37-16-17-38(56)52-40(37)57/h3-15,26,37,51H,16-25H2,1-2H3,(H,52,56,57). The van der Waals surface area contributed by atoms with Crippen LogP contribution in [0.15, 0.2) is 84.9 Å². The Morgan fingerprint density at radius 2 is 1.43 bits per heavy atom. The molecule has 2 fully saturated rings. The minimum atomic E-state index is -4.80. The van der Waals surface area contributed by atoms with E-state index in [4.69, 9.17) is 31.2 Å². The smallest absolute Gasteiger partial charge is 0.417 e. The molecular formula is C46H43F3N6O9S. The first-order valence-electron chi connectivity index (χ1n) is 20.6. The van der Waals surface area contributed by atoms with E-state index in [1.165, 1.54) is 12.1 Å². The molecule has 65 heavy (non-hydrogen) atoms. The molecule has 2 saturated heterocycles. The summed E-state index contributed by atoms with van der Waals surface area (Å²) in [6.07, 6.45) is -4.68. The van der Waals surface area contributed by atoms with Gasteiger partial charge in [0, 0.05) is 24.3 Å². The lowest BCUT2D eigenvalue weighted by Gasteiger charge is -2.29. The number of ether oxygens (including phenoxy) is 4. The van der Waals surface area contributed by atoms with Gasteiger partial charge in [-0.25, -0.2) is 0 Å². The molecule has 4 aromatic rings. The molecule has 4 aromatic carbocycles. The number of anilines is 3. The van der Waals surface area contributed by atoms with Crippen LogP contribution in [0.5, 0.6) is 5.75 Å². The van der Waals surface area contributed by atoms with Crippen molar-refractivity contribution in [1.29, 1.82) is 5.26 Å². The number of rotatable bonds is 18. The van der Waals surface area contributed by atoms with E-state index in [1.807, 2.05) is 36.4 Å². The maximum atomic E-state index is 13.7. The highest BCUT2D eigenvalue weighted by atomic mass is 32.1. The maximum Gasteiger partial charge on any atom is 0.417 e. The number of fused-ring (bicyclic) bond motifs is 1. The Balaban J connectivity index is 0.780. The number of imide groups is 2. The van der Waals surface area contributed by atoms with E-state index in [2.05, 4.69) is 10.6 Å². The van der Waals surface area contributed by atoms with Gasteiger partial charge < -0.3 is 29.2 Å². The zero-order valence-electron chi connectivity index (χ0n) is 35.2. The predicted octanol–water partition coefficient (Wildman–Crippen LogP) is 6.10. The molecule has 2 N–H and O–H groups in total. The van der Waals surface area contributed by atoms with Crippen molar-refractivity contribution >= 4 is 63.9 Å². The summed E-state index contributed by atoms with van der Waals surface area (Å²) in [6, 6.07) is 23.2. The van der Waals surface area contributed by atoms with Crippen LogP contribution < -0.4 is 25.2 Å². The van der Waals surface area contributed by atoms with Crippen LogP contribution in [0.1, 0.15) is 58.5 Å². The van der Waals surface area contributed by atoms with Crippen LogP contribution in [0, 0.1) is 11.3 Å². The fraction of sp³-hybridized carbons (Fsp3) is 0.326. The van der Waals surface area contributed by atoms with Crippen molar-refractivity contribution in [3.05, 3.63) is 107 Å². The molecule has 5 amide bonds. The average molecular weight is 913 g/mol. The van der Waals surface area contributed by atoms with E-state index < -0.39 is 58.4 Å². The van der Waals surface area contributed by atoms with Crippen LogP contribution in [-0.4, -0.2) is 104 Å². The van der Waals surface area contributed by atoms with Crippen LogP contribution in [-0.2, 0) is 34.8 Å². The minimum absolute atomic E-state index is 0.00933. The Kier molecular flexibility index (Phi) is 13.9. The molecule has 0 radical (unpaired) electrons. The largest absolute Gasteiger partial charge is 0.491 e. The number of hydrogen-bond acceptors (Lipinski definition) is 12. The van der Waals surface area contributed by atoms with Gasteiger partial charge in [0.2, 0.25) is 11.8 Å². The minimum Gasteiger partial charge on any atom is -0.491 e. The molecule has 1 unspecified atom stereocenters. The number of benzene rings is 4. The fourth-order valence-corrected chi connectivity index (χ4v) is 8.21. The summed E-state index contributed by atoms with van der Waals surface area (Å²) in [6.45, 7) is 5.92. The molecule has 0 saturated carbocycles. The molecule has 19 heteroatoms. The molecule has 338 valence electrons. The van der Waals surface area contributed by atoms with Crippen LogP contribution in [0.2, 0.25) is 0 Å². The van der Waals surface area contributed by atoms with Gasteiger partial charge in [-0.1, -0.05) is 30.3 Å². The molecule has 3 heterocycles. The van der Waals surface area contributed by atoms with Crippen molar-refractivity contribution in [2.45, 2.75) is 44.4 Å². The lowest BCUT2D eigenvalue weighted by molar-refractivity contribution is -0.138. The van der Waals surface area contributed by atoms with Gasteiger partial charge in [0.15, 0.2) is 5.11 Å². The number of alkyl halides is 3. The van der Waals surface area contributed by atoms with Crippen LogP contribution in [0.3, 0.4) is 0 Å². The molecule has 0 bridgehead atoms. The first-order chi connectivity index (χ1) is 31.1. The van der Waals surface area contributed by atoms with Gasteiger partial charge in [-0.3, -0.25) is 39.1 Å². The molecule has 7 rings (SSSR count). The van der Waals surface area contributed by atoms with E-state index in [0.29, 0.717) is 69.9 Å². The fourth-order valence-electron chi connectivity index (χ4n) is 7.69. The lowest BCUT2D eigenvalue weighted by Crippen LogP contribution is -2.54. The molecule has 15 nitrogen and oxygen atoms in total. The second-order valence-corrected chi connectivity index (χ2v) is 15.9. The van der Waals surface area contributed by atoms with Crippen molar-refractivity contribution < 1.29 is 56.1 Å². The van der Waals surface area contributed by atoms with Gasteiger partial charge in [-0.15, -0.1) is 0 Å². The quantitative estimate of drug-likeness (QED) is 0.0665. The Morgan fingerprint density at radius 1 is 0.815 bits per heavy atom. The van der Waals surface area contributed by atoms with E-state index in [0.717, 1.165) is 33.1 Å². The van der Waals surface area contributed by atoms with E-state index in [1.54, 1.807) is 49.1 Å². The Morgan fingerprint density at radius 3 is 2.06 bits per heavy atom. The third-order valence-corrected chi connectivity index (χ3v) is 11.3. The van der Waals surface area contributed by atoms with Crippen molar-refractivity contribution in [3.8, 4) is 22.9 Å². The van der Waals surface area contributed by atoms with Gasteiger partial charge in [0.25, 0.3) is 17.7 Å². The van der Waals surface area contributed by atoms with Crippen LogP contribution >= 0.6 is 12.2 Å². The van der Waals surface area contributed by atoms with Crippen molar-refractivity contribution in [2.75, 3.05) is 67.9 Å². The predicted molar refractivity (Wildman–Crippen MR) is 234 cm³/mol. The second kappa shape index (κ2) is 19.6. The summed E-state index contributed by atoms with van der Waals surface area (Å²) in [5.41, 5.74) is 0.160. The first kappa shape index (κ1) is 46.3. The first-order valence-corrected chi connectivity index (χ1v) is 21.0. The lowest BCUT2D eigenvalue weighted by atomic mass is 10.0. The maximum absolute atomic E-state index is 13.7. The summed E-state index contributed by atoms with van der Waals surface area (Å²) in [4.78, 5) is 67.3. The molecule has 1 atom stereocenters. The molecular weight excluding hydrogens is 870 g/mol. The van der Waals surface area contributed by atoms with Crippen molar-refractivity contribution in [2.24, 2.45) is 0 Å². The zero-order valence-corrected chi connectivity index (χ0v) is 36.1. The number of nitrogens with one attached hydrogen (secondary N) is 2. The number of amides is 5. The number of piperidine rings is 1. The number of halogens is 3.